The third kappa shape index (κ3) is 4.06. The number of pyridine rings is 1. The molecule has 5 N–H and O–H groups in total. The van der Waals surface area contributed by atoms with E-state index in [2.05, 4.69) is 15.4 Å². The van der Waals surface area contributed by atoms with E-state index in [0.717, 1.165) is 35.2 Å². The van der Waals surface area contributed by atoms with Crippen molar-refractivity contribution in [1.29, 1.82) is 0 Å². The van der Waals surface area contributed by atoms with Gasteiger partial charge in [-0.15, -0.1) is 0 Å². The van der Waals surface area contributed by atoms with E-state index in [1.54, 1.807) is 36.8 Å². The number of aromatic nitrogens is 4. The first-order chi connectivity index (χ1) is 15.7. The van der Waals surface area contributed by atoms with E-state index in [0.29, 0.717) is 35.7 Å². The fraction of sp³-hybridized carbons (Fsp3) is 0.500. The van der Waals surface area contributed by atoms with Crippen molar-refractivity contribution in [1.82, 2.24) is 24.9 Å². The average molecular weight is 451 g/mol. The number of nitrogen functional groups attached to an aromatic ring is 1. The summed E-state index contributed by atoms with van der Waals surface area (Å²) in [6.07, 6.45) is 8.05. The summed E-state index contributed by atoms with van der Waals surface area (Å²) in [4.78, 5) is 20.8. The minimum atomic E-state index is -1.02. The van der Waals surface area contributed by atoms with Crippen molar-refractivity contribution >= 4 is 17.4 Å². The largest absolute Gasteiger partial charge is 0.481 e. The van der Waals surface area contributed by atoms with Crippen LogP contribution in [0.25, 0.3) is 16.8 Å². The summed E-state index contributed by atoms with van der Waals surface area (Å²) in [7, 11) is 0. The molecule has 2 bridgehead atoms. The predicted octanol–water partition coefficient (Wildman–Crippen LogP) is 2.62. The van der Waals surface area contributed by atoms with Crippen molar-refractivity contribution in [2.75, 3.05) is 5.73 Å². The number of nitrogens with zero attached hydrogens (tertiary/aromatic N) is 4. The highest BCUT2D eigenvalue weighted by molar-refractivity contribution is 5.78. The molecule has 5 heterocycles. The van der Waals surface area contributed by atoms with E-state index in [4.69, 9.17) is 10.7 Å². The molecule has 3 aromatic heterocycles. The molecule has 0 saturated carbocycles. The molecular formula is C24H30N6O3. The van der Waals surface area contributed by atoms with Crippen molar-refractivity contribution < 1.29 is 15.0 Å². The smallest absolute Gasteiger partial charge is 0.303 e. The molecule has 174 valence electrons. The van der Waals surface area contributed by atoms with Gasteiger partial charge < -0.3 is 21.3 Å². The Bertz CT molecular complexity index is 1190. The van der Waals surface area contributed by atoms with E-state index in [9.17, 15) is 15.0 Å². The molecule has 2 aliphatic heterocycles. The second-order valence-electron chi connectivity index (χ2n) is 9.85. The van der Waals surface area contributed by atoms with Crippen molar-refractivity contribution in [3.63, 3.8) is 0 Å². The number of rotatable bonds is 6. The minimum Gasteiger partial charge on any atom is -0.481 e. The zero-order valence-corrected chi connectivity index (χ0v) is 19.0. The van der Waals surface area contributed by atoms with Gasteiger partial charge in [-0.05, 0) is 52.0 Å². The van der Waals surface area contributed by atoms with Gasteiger partial charge in [0.05, 0.1) is 17.6 Å². The first-order valence-electron chi connectivity index (χ1n) is 11.5. The number of fused-ring (bicyclic) bond motifs is 3. The van der Waals surface area contributed by atoms with E-state index < -0.39 is 11.6 Å². The van der Waals surface area contributed by atoms with Gasteiger partial charge in [0.2, 0.25) is 0 Å². The quantitative estimate of drug-likeness (QED) is 0.449. The van der Waals surface area contributed by atoms with Gasteiger partial charge in [0.15, 0.2) is 5.65 Å². The van der Waals surface area contributed by atoms with Crippen LogP contribution >= 0.6 is 0 Å². The lowest BCUT2D eigenvalue weighted by molar-refractivity contribution is -0.136. The number of aliphatic carboxylic acids is 1. The maximum absolute atomic E-state index is 11.3. The van der Waals surface area contributed by atoms with E-state index in [1.165, 1.54) is 12.8 Å². The molecule has 5 rings (SSSR count). The lowest BCUT2D eigenvalue weighted by Gasteiger charge is -2.30. The zero-order valence-electron chi connectivity index (χ0n) is 19.0. The highest BCUT2D eigenvalue weighted by atomic mass is 16.4. The lowest BCUT2D eigenvalue weighted by atomic mass is 9.86. The average Bonchev–Trinajstić information content (AvgIpc) is 3.35. The second kappa shape index (κ2) is 8.07. The van der Waals surface area contributed by atoms with Crippen LogP contribution in [0.1, 0.15) is 68.8 Å². The van der Waals surface area contributed by atoms with Crippen LogP contribution in [-0.2, 0) is 16.8 Å². The molecule has 9 nitrogen and oxygen atoms in total. The summed E-state index contributed by atoms with van der Waals surface area (Å²) in [6, 6.07) is 4.65. The first kappa shape index (κ1) is 21.8. The Hall–Kier alpha value is -3.04. The summed E-state index contributed by atoms with van der Waals surface area (Å²) >= 11 is 0. The number of piperidine rings is 1. The summed E-state index contributed by atoms with van der Waals surface area (Å²) in [5.74, 6) is -0.169. The van der Waals surface area contributed by atoms with Crippen LogP contribution < -0.4 is 11.1 Å². The third-order valence-electron chi connectivity index (χ3n) is 6.97. The molecule has 9 heteroatoms. The van der Waals surface area contributed by atoms with Gasteiger partial charge >= 0.3 is 5.97 Å². The maximum atomic E-state index is 11.3. The van der Waals surface area contributed by atoms with Crippen molar-refractivity contribution in [2.24, 2.45) is 0 Å². The molecule has 0 aromatic carbocycles. The van der Waals surface area contributed by atoms with Gasteiger partial charge in [0, 0.05) is 47.3 Å². The Morgan fingerprint density at radius 1 is 1.24 bits per heavy atom. The Morgan fingerprint density at radius 3 is 2.58 bits per heavy atom. The Labute approximate surface area is 192 Å². The summed E-state index contributed by atoms with van der Waals surface area (Å²) < 4.78 is 1.61. The fourth-order valence-corrected chi connectivity index (χ4v) is 5.29. The second-order valence-corrected chi connectivity index (χ2v) is 9.85. The molecule has 2 atom stereocenters. The van der Waals surface area contributed by atoms with Crippen LogP contribution in [0.4, 0.5) is 5.82 Å². The van der Waals surface area contributed by atoms with Gasteiger partial charge in [0.25, 0.3) is 0 Å². The number of carbonyl (C=O) groups is 1. The molecule has 2 saturated heterocycles. The molecule has 33 heavy (non-hydrogen) atoms. The standard InChI is InChI=1S/C24H30N6O3/c1-24(2,33)19-7-3-13(11-26-19)18-12-27-30-22(25)17(6-8-20(31)32)21(29-23(18)30)14-9-15-4-5-16(10-14)28-15/h3,7,11-12,14-16,28,33H,4-6,8-10,25H2,1-2H3,(H,31,32). The van der Waals surface area contributed by atoms with Crippen LogP contribution in [0.3, 0.4) is 0 Å². The summed E-state index contributed by atoms with van der Waals surface area (Å²) in [6.45, 7) is 3.40. The molecule has 0 aliphatic carbocycles. The lowest BCUT2D eigenvalue weighted by Crippen LogP contribution is -2.37. The molecule has 2 unspecified atom stereocenters. The van der Waals surface area contributed by atoms with Gasteiger partial charge in [-0.2, -0.15) is 9.61 Å². The molecule has 3 aromatic rings. The molecule has 0 spiro atoms. The van der Waals surface area contributed by atoms with Gasteiger partial charge in [0.1, 0.15) is 11.4 Å². The van der Waals surface area contributed by atoms with Crippen LogP contribution in [0.15, 0.2) is 24.5 Å². The molecule has 0 amide bonds. The molecule has 0 radical (unpaired) electrons. The van der Waals surface area contributed by atoms with Crippen molar-refractivity contribution in [2.45, 2.75) is 76.0 Å². The number of anilines is 1. The Kier molecular flexibility index (Phi) is 5.33. The normalized spacial score (nSPS) is 22.7. The number of hydrogen-bond acceptors (Lipinski definition) is 7. The predicted molar refractivity (Wildman–Crippen MR) is 124 cm³/mol. The van der Waals surface area contributed by atoms with Crippen LogP contribution in [0.2, 0.25) is 0 Å². The number of carboxylic acids is 1. The fourth-order valence-electron chi connectivity index (χ4n) is 5.29. The monoisotopic (exact) mass is 450 g/mol. The van der Waals surface area contributed by atoms with Gasteiger partial charge in [-0.1, -0.05) is 6.07 Å². The number of hydrogen-bond donors (Lipinski definition) is 4. The van der Waals surface area contributed by atoms with Crippen molar-refractivity contribution in [3.05, 3.63) is 41.5 Å². The highest BCUT2D eigenvalue weighted by Gasteiger charge is 2.36. The van der Waals surface area contributed by atoms with Gasteiger partial charge in [-0.25, -0.2) is 4.98 Å². The number of carboxylic acid groups (broad SMARTS) is 1. The molecular weight excluding hydrogens is 420 g/mol. The van der Waals surface area contributed by atoms with Crippen LogP contribution in [0.5, 0.6) is 0 Å². The van der Waals surface area contributed by atoms with Crippen LogP contribution in [-0.4, -0.2) is 47.8 Å². The third-order valence-corrected chi connectivity index (χ3v) is 6.97. The van der Waals surface area contributed by atoms with E-state index >= 15 is 0 Å². The molecule has 2 fully saturated rings. The number of nitrogens with two attached hydrogens (primary N) is 1. The summed E-state index contributed by atoms with van der Waals surface area (Å²) in [5, 5.41) is 27.6. The number of aliphatic hydroxyl groups is 1. The zero-order chi connectivity index (χ0) is 23.3. The van der Waals surface area contributed by atoms with Crippen LogP contribution in [0, 0.1) is 0 Å². The van der Waals surface area contributed by atoms with E-state index in [1.807, 2.05) is 6.07 Å². The SMILES string of the molecule is CC(C)(O)c1ccc(-c2cnn3c(N)c(CCC(=O)O)c(C4CC5CCC(C4)N5)nc23)cn1. The Morgan fingerprint density at radius 2 is 1.97 bits per heavy atom. The Balaban J connectivity index is 1.61. The first-order valence-corrected chi connectivity index (χ1v) is 11.5. The molecule has 2 aliphatic rings. The summed E-state index contributed by atoms with van der Waals surface area (Å²) in [5.41, 5.74) is 10.1. The highest BCUT2D eigenvalue weighted by Crippen LogP contribution is 2.40. The minimum absolute atomic E-state index is 0.00132. The van der Waals surface area contributed by atoms with Gasteiger partial charge in [-0.3, -0.25) is 9.78 Å². The van der Waals surface area contributed by atoms with E-state index in [-0.39, 0.29) is 12.3 Å². The maximum Gasteiger partial charge on any atom is 0.303 e. The number of nitrogens with one attached hydrogen (secondary N) is 1. The topological polar surface area (TPSA) is 139 Å². The van der Waals surface area contributed by atoms with Crippen molar-refractivity contribution in [3.8, 4) is 11.1 Å².